The van der Waals surface area contributed by atoms with E-state index in [0.29, 0.717) is 0 Å². The summed E-state index contributed by atoms with van der Waals surface area (Å²) in [5, 5.41) is 5.48. The lowest BCUT2D eigenvalue weighted by molar-refractivity contribution is 0.0996. The predicted molar refractivity (Wildman–Crippen MR) is 78.5 cm³/mol. The van der Waals surface area contributed by atoms with Gasteiger partial charge in [-0.15, -0.1) is 11.3 Å². The quantitative estimate of drug-likeness (QED) is 0.909. The summed E-state index contributed by atoms with van der Waals surface area (Å²) < 4.78 is 13.5. The Balaban J connectivity index is 1.86. The van der Waals surface area contributed by atoms with Crippen molar-refractivity contribution in [3.05, 3.63) is 51.5 Å². The average molecular weight is 290 g/mol. The van der Waals surface area contributed by atoms with Crippen LogP contribution in [0.5, 0.6) is 0 Å². The van der Waals surface area contributed by atoms with E-state index in [1.54, 1.807) is 17.4 Å². The summed E-state index contributed by atoms with van der Waals surface area (Å²) in [6, 6.07) is 6.76. The van der Waals surface area contributed by atoms with Crippen molar-refractivity contribution in [1.29, 1.82) is 0 Å². The number of benzene rings is 1. The zero-order valence-electron chi connectivity index (χ0n) is 10.9. The van der Waals surface area contributed by atoms with Crippen molar-refractivity contribution in [3.63, 3.8) is 0 Å². The molecule has 0 saturated heterocycles. The lowest BCUT2D eigenvalue weighted by atomic mass is 9.94. The first-order valence-electron chi connectivity index (χ1n) is 6.57. The van der Waals surface area contributed by atoms with Gasteiger partial charge in [0.2, 0.25) is 0 Å². The van der Waals surface area contributed by atoms with Crippen LogP contribution in [-0.2, 0) is 6.42 Å². The molecule has 104 valence electrons. The second kappa shape index (κ2) is 5.25. The van der Waals surface area contributed by atoms with Crippen molar-refractivity contribution in [1.82, 2.24) is 0 Å². The number of nitrogens with two attached hydrogens (primary N) is 1. The molecular formula is C15H15FN2OS. The van der Waals surface area contributed by atoms with Crippen LogP contribution in [0.4, 0.5) is 10.1 Å². The van der Waals surface area contributed by atoms with Crippen molar-refractivity contribution in [2.24, 2.45) is 5.73 Å². The van der Waals surface area contributed by atoms with Crippen molar-refractivity contribution < 1.29 is 9.18 Å². The fraction of sp³-hybridized carbons (Fsp3) is 0.267. The number of aryl methyl sites for hydroxylation is 1. The van der Waals surface area contributed by atoms with Crippen LogP contribution in [0.1, 0.15) is 39.7 Å². The minimum absolute atomic E-state index is 0.0728. The first kappa shape index (κ1) is 13.1. The van der Waals surface area contributed by atoms with E-state index in [0.717, 1.165) is 24.9 Å². The van der Waals surface area contributed by atoms with Crippen LogP contribution >= 0.6 is 11.3 Å². The molecule has 3 nitrogen and oxygen atoms in total. The third-order valence-corrected chi connectivity index (χ3v) is 4.62. The lowest BCUT2D eigenvalue weighted by Gasteiger charge is -2.25. The number of hydrogen-bond acceptors (Lipinski definition) is 3. The number of rotatable bonds is 3. The number of anilines is 1. The largest absolute Gasteiger partial charge is 0.378 e. The molecule has 1 aliphatic rings. The van der Waals surface area contributed by atoms with E-state index in [1.165, 1.54) is 22.6 Å². The number of nitrogens with one attached hydrogen (secondary N) is 1. The van der Waals surface area contributed by atoms with E-state index in [4.69, 9.17) is 5.73 Å². The second-order valence-corrected chi connectivity index (χ2v) is 5.95. The molecule has 0 saturated carbocycles. The number of fused-ring (bicyclic) bond motifs is 1. The van der Waals surface area contributed by atoms with E-state index < -0.39 is 11.7 Å². The monoisotopic (exact) mass is 290 g/mol. The van der Waals surface area contributed by atoms with Crippen molar-refractivity contribution in [2.75, 3.05) is 5.32 Å². The maximum atomic E-state index is 13.5. The Hall–Kier alpha value is -1.88. The molecule has 1 heterocycles. The average Bonchev–Trinajstić information content (AvgIpc) is 2.90. The van der Waals surface area contributed by atoms with Crippen LogP contribution in [0.15, 0.2) is 29.6 Å². The van der Waals surface area contributed by atoms with Crippen LogP contribution in [0.2, 0.25) is 0 Å². The molecule has 2 aromatic rings. The molecule has 1 unspecified atom stereocenters. The van der Waals surface area contributed by atoms with E-state index >= 15 is 0 Å². The number of hydrogen-bond donors (Lipinski definition) is 2. The molecule has 5 heteroatoms. The third-order valence-electron chi connectivity index (χ3n) is 3.62. The normalized spacial score (nSPS) is 17.6. The Morgan fingerprint density at radius 3 is 3.05 bits per heavy atom. The molecule has 20 heavy (non-hydrogen) atoms. The van der Waals surface area contributed by atoms with Gasteiger partial charge in [0.25, 0.3) is 5.91 Å². The highest BCUT2D eigenvalue weighted by Gasteiger charge is 2.21. The molecule has 1 aliphatic carbocycles. The highest BCUT2D eigenvalue weighted by Crippen LogP contribution is 2.35. The lowest BCUT2D eigenvalue weighted by Crippen LogP contribution is -2.17. The van der Waals surface area contributed by atoms with Crippen LogP contribution in [0.3, 0.4) is 0 Å². The van der Waals surface area contributed by atoms with Gasteiger partial charge in [0, 0.05) is 10.6 Å². The van der Waals surface area contributed by atoms with Crippen molar-refractivity contribution in [2.45, 2.75) is 25.3 Å². The molecule has 1 aromatic heterocycles. The van der Waals surface area contributed by atoms with Gasteiger partial charge in [-0.3, -0.25) is 4.79 Å². The van der Waals surface area contributed by atoms with Crippen LogP contribution in [0.25, 0.3) is 0 Å². The summed E-state index contributed by atoms with van der Waals surface area (Å²) >= 11 is 1.78. The number of halogens is 1. The molecule has 1 aromatic carbocycles. The van der Waals surface area contributed by atoms with Crippen LogP contribution in [0, 0.1) is 5.82 Å². The molecule has 0 fully saturated rings. The highest BCUT2D eigenvalue weighted by molar-refractivity contribution is 7.10. The van der Waals surface area contributed by atoms with E-state index in [-0.39, 0.29) is 11.6 Å². The number of primary amides is 1. The molecule has 0 bridgehead atoms. The summed E-state index contributed by atoms with van der Waals surface area (Å²) in [4.78, 5) is 12.6. The zero-order valence-corrected chi connectivity index (χ0v) is 11.7. The molecule has 3 N–H and O–H groups in total. The number of thiophene rings is 1. The molecule has 0 radical (unpaired) electrons. The summed E-state index contributed by atoms with van der Waals surface area (Å²) in [6.45, 7) is 0. The topological polar surface area (TPSA) is 55.1 Å². The maximum Gasteiger partial charge on any atom is 0.251 e. The van der Waals surface area contributed by atoms with E-state index in [2.05, 4.69) is 16.8 Å². The third kappa shape index (κ3) is 2.41. The first-order valence-corrected chi connectivity index (χ1v) is 7.45. The smallest absolute Gasteiger partial charge is 0.251 e. The van der Waals surface area contributed by atoms with Crippen LogP contribution < -0.4 is 11.1 Å². The van der Waals surface area contributed by atoms with Gasteiger partial charge in [-0.2, -0.15) is 0 Å². The van der Waals surface area contributed by atoms with Gasteiger partial charge in [0.15, 0.2) is 0 Å². The molecule has 1 amide bonds. The summed E-state index contributed by atoms with van der Waals surface area (Å²) in [7, 11) is 0. The Morgan fingerprint density at radius 2 is 2.25 bits per heavy atom. The standard InChI is InChI=1S/C15H15FN2OS/c16-12-5-4-9(8-11(12)15(17)19)18-13-2-1-3-14-10(13)6-7-20-14/h4-8,13,18H,1-3H2,(H2,17,19). The Morgan fingerprint density at radius 1 is 1.40 bits per heavy atom. The fourth-order valence-electron chi connectivity index (χ4n) is 2.64. The fourth-order valence-corrected chi connectivity index (χ4v) is 3.63. The first-order chi connectivity index (χ1) is 9.65. The van der Waals surface area contributed by atoms with Gasteiger partial charge in [-0.25, -0.2) is 4.39 Å². The molecule has 3 rings (SSSR count). The Bertz CT molecular complexity index is 653. The number of amides is 1. The molecule has 0 aliphatic heterocycles. The summed E-state index contributed by atoms with van der Waals surface area (Å²) in [5.41, 5.74) is 7.14. The minimum Gasteiger partial charge on any atom is -0.378 e. The van der Waals surface area contributed by atoms with Gasteiger partial charge in [0.05, 0.1) is 11.6 Å². The molecular weight excluding hydrogens is 275 g/mol. The minimum atomic E-state index is -0.744. The SMILES string of the molecule is NC(=O)c1cc(NC2CCCc3sccc32)ccc1F. The van der Waals surface area contributed by atoms with Gasteiger partial charge in [-0.1, -0.05) is 0 Å². The maximum absolute atomic E-state index is 13.5. The molecule has 1 atom stereocenters. The summed E-state index contributed by atoms with van der Waals surface area (Å²) in [5.74, 6) is -1.33. The number of carbonyl (C=O) groups excluding carboxylic acids is 1. The van der Waals surface area contributed by atoms with E-state index in [1.807, 2.05) is 0 Å². The number of carbonyl (C=O) groups is 1. The molecule has 0 spiro atoms. The highest BCUT2D eigenvalue weighted by atomic mass is 32.1. The van der Waals surface area contributed by atoms with Crippen molar-refractivity contribution >= 4 is 22.9 Å². The van der Waals surface area contributed by atoms with Crippen LogP contribution in [-0.4, -0.2) is 5.91 Å². The van der Waals surface area contributed by atoms with Gasteiger partial charge in [-0.05, 0) is 54.5 Å². The Kier molecular flexibility index (Phi) is 3.44. The zero-order chi connectivity index (χ0) is 14.1. The van der Waals surface area contributed by atoms with Gasteiger partial charge >= 0.3 is 0 Å². The van der Waals surface area contributed by atoms with E-state index in [9.17, 15) is 9.18 Å². The summed E-state index contributed by atoms with van der Waals surface area (Å²) in [6.07, 6.45) is 3.29. The van der Waals surface area contributed by atoms with Gasteiger partial charge in [0.1, 0.15) is 5.82 Å². The Labute approximate surface area is 120 Å². The predicted octanol–water partition coefficient (Wildman–Crippen LogP) is 3.48. The second-order valence-electron chi connectivity index (χ2n) is 4.95. The van der Waals surface area contributed by atoms with Crippen molar-refractivity contribution in [3.8, 4) is 0 Å². The van der Waals surface area contributed by atoms with Gasteiger partial charge < -0.3 is 11.1 Å².